The zero-order valence-corrected chi connectivity index (χ0v) is 13.5. The van der Waals surface area contributed by atoms with Crippen molar-refractivity contribution in [2.75, 3.05) is 16.8 Å². The van der Waals surface area contributed by atoms with E-state index in [0.29, 0.717) is 28.5 Å². The summed E-state index contributed by atoms with van der Waals surface area (Å²) < 4.78 is 0. The van der Waals surface area contributed by atoms with Gasteiger partial charge in [0.1, 0.15) is 0 Å². The Bertz CT molecular complexity index is 827. The molecule has 1 fully saturated rings. The molecule has 0 radical (unpaired) electrons. The molecule has 2 amide bonds. The molecule has 1 aliphatic rings. The minimum absolute atomic E-state index is 0.0998. The molecule has 3 rings (SSSR count). The highest BCUT2D eigenvalue weighted by Crippen LogP contribution is 2.27. The summed E-state index contributed by atoms with van der Waals surface area (Å²) in [5, 5.41) is 12.1. The lowest BCUT2D eigenvalue weighted by atomic mass is 10.1. The van der Waals surface area contributed by atoms with Gasteiger partial charge in [-0.1, -0.05) is 17.7 Å². The third kappa shape index (κ3) is 3.39. The number of nitrogens with one attached hydrogen (secondary N) is 1. The van der Waals surface area contributed by atoms with Crippen LogP contribution >= 0.6 is 11.6 Å². The summed E-state index contributed by atoms with van der Waals surface area (Å²) in [6.07, 6.45) is 0.161. The number of anilines is 2. The molecule has 2 aromatic carbocycles. The molecule has 0 spiro atoms. The van der Waals surface area contributed by atoms with E-state index in [0.717, 1.165) is 0 Å². The maximum Gasteiger partial charge on any atom is 0.229 e. The number of amides is 2. The number of hydrogen-bond donors (Lipinski definition) is 1. The fraction of sp³-hybridized carbons (Fsp3) is 0.167. The molecular weight excluding hydrogens is 326 g/mol. The van der Waals surface area contributed by atoms with Crippen LogP contribution in [0.25, 0.3) is 0 Å². The third-order valence-electron chi connectivity index (χ3n) is 3.90. The zero-order chi connectivity index (χ0) is 17.1. The molecule has 5 nitrogen and oxygen atoms in total. The van der Waals surface area contributed by atoms with E-state index in [1.807, 2.05) is 6.07 Å². The van der Waals surface area contributed by atoms with Gasteiger partial charge in [0.05, 0.1) is 17.6 Å². The number of halogens is 1. The van der Waals surface area contributed by atoms with Gasteiger partial charge >= 0.3 is 0 Å². The van der Waals surface area contributed by atoms with Crippen molar-refractivity contribution >= 4 is 34.8 Å². The summed E-state index contributed by atoms with van der Waals surface area (Å²) in [4.78, 5) is 26.2. The monoisotopic (exact) mass is 339 g/mol. The molecule has 1 aliphatic heterocycles. The first-order valence-corrected chi connectivity index (χ1v) is 7.81. The van der Waals surface area contributed by atoms with Crippen LogP contribution in [-0.2, 0) is 9.59 Å². The van der Waals surface area contributed by atoms with Crippen LogP contribution in [0.5, 0.6) is 0 Å². The highest BCUT2D eigenvalue weighted by atomic mass is 35.5. The molecule has 0 saturated carbocycles. The SMILES string of the molecule is N#Cc1ccc(NC(=O)[C@@H]2CC(=O)N(c3cccc(Cl)c3)C2)cc1. The van der Waals surface area contributed by atoms with Crippen molar-refractivity contribution in [1.29, 1.82) is 5.26 Å². The van der Waals surface area contributed by atoms with E-state index in [1.165, 1.54) is 0 Å². The van der Waals surface area contributed by atoms with Crippen molar-refractivity contribution in [2.24, 2.45) is 5.92 Å². The average Bonchev–Trinajstić information content (AvgIpc) is 2.97. The minimum Gasteiger partial charge on any atom is -0.326 e. The molecule has 0 bridgehead atoms. The Balaban J connectivity index is 1.68. The van der Waals surface area contributed by atoms with Crippen molar-refractivity contribution in [3.63, 3.8) is 0 Å². The van der Waals surface area contributed by atoms with Crippen LogP contribution < -0.4 is 10.2 Å². The molecule has 0 aliphatic carbocycles. The van der Waals surface area contributed by atoms with Gasteiger partial charge in [-0.15, -0.1) is 0 Å². The van der Waals surface area contributed by atoms with E-state index in [2.05, 4.69) is 5.32 Å². The predicted molar refractivity (Wildman–Crippen MR) is 91.7 cm³/mol. The van der Waals surface area contributed by atoms with Crippen molar-refractivity contribution in [3.05, 3.63) is 59.1 Å². The Morgan fingerprint density at radius 3 is 2.67 bits per heavy atom. The van der Waals surface area contributed by atoms with Gasteiger partial charge in [0, 0.05) is 29.4 Å². The number of nitriles is 1. The van der Waals surface area contributed by atoms with Crippen LogP contribution in [0, 0.1) is 17.2 Å². The van der Waals surface area contributed by atoms with Crippen molar-refractivity contribution < 1.29 is 9.59 Å². The van der Waals surface area contributed by atoms with E-state index < -0.39 is 5.92 Å². The lowest BCUT2D eigenvalue weighted by Crippen LogP contribution is -2.28. The number of carbonyl (C=O) groups is 2. The molecule has 120 valence electrons. The fourth-order valence-corrected chi connectivity index (χ4v) is 2.83. The number of benzene rings is 2. The third-order valence-corrected chi connectivity index (χ3v) is 4.13. The van der Waals surface area contributed by atoms with Gasteiger partial charge in [0.25, 0.3) is 0 Å². The Hall–Kier alpha value is -2.84. The van der Waals surface area contributed by atoms with Crippen LogP contribution in [-0.4, -0.2) is 18.4 Å². The van der Waals surface area contributed by atoms with E-state index in [4.69, 9.17) is 16.9 Å². The topological polar surface area (TPSA) is 73.2 Å². The second-order valence-corrected chi connectivity index (χ2v) is 6.00. The van der Waals surface area contributed by atoms with E-state index in [9.17, 15) is 9.59 Å². The van der Waals surface area contributed by atoms with Crippen molar-refractivity contribution in [2.45, 2.75) is 6.42 Å². The summed E-state index contributed by atoms with van der Waals surface area (Å²) in [5.41, 5.74) is 1.82. The molecule has 0 unspecified atom stereocenters. The summed E-state index contributed by atoms with van der Waals surface area (Å²) in [6.45, 7) is 0.321. The van der Waals surface area contributed by atoms with Crippen LogP contribution in [0.1, 0.15) is 12.0 Å². The molecule has 1 atom stereocenters. The fourth-order valence-electron chi connectivity index (χ4n) is 2.65. The lowest BCUT2D eigenvalue weighted by molar-refractivity contribution is -0.122. The van der Waals surface area contributed by atoms with Gasteiger partial charge in [-0.05, 0) is 42.5 Å². The smallest absolute Gasteiger partial charge is 0.229 e. The van der Waals surface area contributed by atoms with Gasteiger partial charge in [-0.3, -0.25) is 9.59 Å². The molecule has 6 heteroatoms. The first-order valence-electron chi connectivity index (χ1n) is 7.44. The molecular formula is C18H14ClN3O2. The summed E-state index contributed by atoms with van der Waals surface area (Å²) in [5.74, 6) is -0.734. The Labute approximate surface area is 144 Å². The molecule has 1 N–H and O–H groups in total. The normalized spacial score (nSPS) is 16.8. The number of carbonyl (C=O) groups excluding carboxylic acids is 2. The van der Waals surface area contributed by atoms with Crippen LogP contribution in [0.2, 0.25) is 5.02 Å². The molecule has 2 aromatic rings. The summed E-state index contributed by atoms with van der Waals surface area (Å²) in [7, 11) is 0. The Morgan fingerprint density at radius 2 is 2.00 bits per heavy atom. The van der Waals surface area contributed by atoms with Crippen molar-refractivity contribution in [1.82, 2.24) is 0 Å². The number of nitrogens with zero attached hydrogens (tertiary/aromatic N) is 2. The Morgan fingerprint density at radius 1 is 1.25 bits per heavy atom. The Kier molecular flexibility index (Phi) is 4.50. The second kappa shape index (κ2) is 6.73. The van der Waals surface area contributed by atoms with Crippen LogP contribution in [0.4, 0.5) is 11.4 Å². The van der Waals surface area contributed by atoms with Gasteiger partial charge in [0.2, 0.25) is 11.8 Å². The van der Waals surface area contributed by atoms with Gasteiger partial charge in [-0.2, -0.15) is 5.26 Å². The standard InChI is InChI=1S/C18H14ClN3O2/c19-14-2-1-3-16(9-14)22-11-13(8-17(22)23)18(24)21-15-6-4-12(10-20)5-7-15/h1-7,9,13H,8,11H2,(H,21,24)/t13-/m1/s1. The van der Waals surface area contributed by atoms with Gasteiger partial charge in [0.15, 0.2) is 0 Å². The van der Waals surface area contributed by atoms with Gasteiger partial charge in [-0.25, -0.2) is 0 Å². The largest absolute Gasteiger partial charge is 0.326 e. The predicted octanol–water partition coefficient (Wildman–Crippen LogP) is 3.20. The number of rotatable bonds is 3. The molecule has 1 saturated heterocycles. The van der Waals surface area contributed by atoms with Crippen molar-refractivity contribution in [3.8, 4) is 6.07 Å². The number of hydrogen-bond acceptors (Lipinski definition) is 3. The highest BCUT2D eigenvalue weighted by Gasteiger charge is 2.35. The average molecular weight is 340 g/mol. The maximum absolute atomic E-state index is 12.4. The maximum atomic E-state index is 12.4. The van der Waals surface area contributed by atoms with E-state index in [1.54, 1.807) is 53.4 Å². The minimum atomic E-state index is -0.424. The zero-order valence-electron chi connectivity index (χ0n) is 12.7. The van der Waals surface area contributed by atoms with Crippen LogP contribution in [0.3, 0.4) is 0 Å². The van der Waals surface area contributed by atoms with E-state index >= 15 is 0 Å². The molecule has 0 aromatic heterocycles. The van der Waals surface area contributed by atoms with E-state index in [-0.39, 0.29) is 18.2 Å². The molecule has 24 heavy (non-hydrogen) atoms. The molecule has 1 heterocycles. The highest BCUT2D eigenvalue weighted by molar-refractivity contribution is 6.31. The lowest BCUT2D eigenvalue weighted by Gasteiger charge is -2.17. The first kappa shape index (κ1) is 16.0. The summed E-state index contributed by atoms with van der Waals surface area (Å²) in [6, 6.07) is 15.6. The second-order valence-electron chi connectivity index (χ2n) is 5.56. The van der Waals surface area contributed by atoms with Crippen LogP contribution in [0.15, 0.2) is 48.5 Å². The summed E-state index contributed by atoms with van der Waals surface area (Å²) >= 11 is 5.96. The quantitative estimate of drug-likeness (QED) is 0.933. The first-order chi connectivity index (χ1) is 11.6. The van der Waals surface area contributed by atoms with Gasteiger partial charge < -0.3 is 10.2 Å².